The Labute approximate surface area is 80.3 Å². The Kier molecular flexibility index (Phi) is 2.18. The zero-order chi connectivity index (χ0) is 9.80. The largest absolute Gasteiger partial charge is 0.368 e. The second kappa shape index (κ2) is 3.65. The van der Waals surface area contributed by atoms with E-state index in [1.54, 1.807) is 24.5 Å². The number of nitrogens with two attached hydrogens (primary N) is 1. The van der Waals surface area contributed by atoms with Gasteiger partial charge < -0.3 is 11.1 Å². The summed E-state index contributed by atoms with van der Waals surface area (Å²) in [6, 6.07) is 3.61. The van der Waals surface area contributed by atoms with Crippen molar-refractivity contribution < 1.29 is 0 Å². The molecule has 6 heteroatoms. The van der Waals surface area contributed by atoms with Crippen LogP contribution in [0.25, 0.3) is 0 Å². The highest BCUT2D eigenvalue weighted by Gasteiger charge is 1.97. The Morgan fingerprint density at radius 2 is 1.93 bits per heavy atom. The molecule has 0 radical (unpaired) electrons. The second-order valence-corrected chi connectivity index (χ2v) is 2.53. The van der Waals surface area contributed by atoms with Crippen molar-refractivity contribution >= 4 is 17.6 Å². The minimum Gasteiger partial charge on any atom is -0.368 e. The quantitative estimate of drug-likeness (QED) is 0.717. The standard InChI is InChI=1S/C8H8N6/c9-7-11-5-12-8(14-7)13-6-1-3-10-4-2-6/h1-5H,(H3,9,10,11,12,13,14). The lowest BCUT2D eigenvalue weighted by Gasteiger charge is -2.02. The third-order valence-electron chi connectivity index (χ3n) is 1.53. The van der Waals surface area contributed by atoms with Crippen molar-refractivity contribution in [1.29, 1.82) is 0 Å². The predicted octanol–water partition coefficient (Wildman–Crippen LogP) is 0.592. The Balaban J connectivity index is 2.19. The van der Waals surface area contributed by atoms with Crippen LogP contribution in [0.15, 0.2) is 30.9 Å². The highest BCUT2D eigenvalue weighted by molar-refractivity contribution is 5.52. The van der Waals surface area contributed by atoms with Crippen LogP contribution in [-0.4, -0.2) is 19.9 Å². The molecule has 0 bridgehead atoms. The number of aromatic nitrogens is 4. The molecule has 70 valence electrons. The van der Waals surface area contributed by atoms with Gasteiger partial charge in [-0.2, -0.15) is 4.98 Å². The first kappa shape index (κ1) is 8.36. The van der Waals surface area contributed by atoms with E-state index in [-0.39, 0.29) is 5.95 Å². The molecule has 0 saturated heterocycles. The smallest absolute Gasteiger partial charge is 0.231 e. The maximum absolute atomic E-state index is 5.40. The van der Waals surface area contributed by atoms with Crippen molar-refractivity contribution in [3.05, 3.63) is 30.9 Å². The average molecular weight is 188 g/mol. The molecule has 0 aromatic carbocycles. The Hall–Kier alpha value is -2.24. The van der Waals surface area contributed by atoms with Crippen LogP contribution in [0.5, 0.6) is 0 Å². The topological polar surface area (TPSA) is 89.6 Å². The number of rotatable bonds is 2. The number of pyridine rings is 1. The summed E-state index contributed by atoms with van der Waals surface area (Å²) >= 11 is 0. The Morgan fingerprint density at radius 3 is 2.64 bits per heavy atom. The molecule has 14 heavy (non-hydrogen) atoms. The SMILES string of the molecule is Nc1ncnc(Nc2ccncc2)n1. The Bertz CT molecular complexity index is 415. The van der Waals surface area contributed by atoms with Gasteiger partial charge in [-0.25, -0.2) is 9.97 Å². The maximum atomic E-state index is 5.40. The van der Waals surface area contributed by atoms with E-state index in [0.29, 0.717) is 5.95 Å². The summed E-state index contributed by atoms with van der Waals surface area (Å²) in [5, 5.41) is 2.96. The predicted molar refractivity (Wildman–Crippen MR) is 51.8 cm³/mol. The molecule has 0 unspecified atom stereocenters. The fourth-order valence-electron chi connectivity index (χ4n) is 0.934. The van der Waals surface area contributed by atoms with Gasteiger partial charge in [0, 0.05) is 18.1 Å². The molecule has 2 aromatic rings. The maximum Gasteiger partial charge on any atom is 0.231 e. The van der Waals surface area contributed by atoms with E-state index >= 15 is 0 Å². The van der Waals surface area contributed by atoms with E-state index < -0.39 is 0 Å². The number of hydrogen-bond acceptors (Lipinski definition) is 6. The summed E-state index contributed by atoms with van der Waals surface area (Å²) < 4.78 is 0. The normalized spacial score (nSPS) is 9.71. The molecule has 0 spiro atoms. The third-order valence-corrected chi connectivity index (χ3v) is 1.53. The second-order valence-electron chi connectivity index (χ2n) is 2.53. The van der Waals surface area contributed by atoms with Gasteiger partial charge in [-0.3, -0.25) is 4.98 Å². The first-order valence-corrected chi connectivity index (χ1v) is 3.96. The minimum atomic E-state index is 0.191. The molecular weight excluding hydrogens is 180 g/mol. The van der Waals surface area contributed by atoms with E-state index in [0.717, 1.165) is 5.69 Å². The lowest BCUT2D eigenvalue weighted by molar-refractivity contribution is 1.07. The first-order chi connectivity index (χ1) is 6.84. The van der Waals surface area contributed by atoms with Gasteiger partial charge >= 0.3 is 0 Å². The van der Waals surface area contributed by atoms with E-state index in [2.05, 4.69) is 25.3 Å². The van der Waals surface area contributed by atoms with E-state index in [1.165, 1.54) is 6.33 Å². The van der Waals surface area contributed by atoms with Gasteiger partial charge in [0.05, 0.1) is 0 Å². The van der Waals surface area contributed by atoms with E-state index in [9.17, 15) is 0 Å². The minimum absolute atomic E-state index is 0.191. The van der Waals surface area contributed by atoms with Crippen LogP contribution in [0.4, 0.5) is 17.6 Å². The molecule has 0 aliphatic rings. The van der Waals surface area contributed by atoms with Crippen LogP contribution in [0, 0.1) is 0 Å². The lowest BCUT2D eigenvalue weighted by atomic mass is 10.4. The number of hydrogen-bond donors (Lipinski definition) is 2. The van der Waals surface area contributed by atoms with Crippen LogP contribution < -0.4 is 11.1 Å². The van der Waals surface area contributed by atoms with Crippen LogP contribution in [0.2, 0.25) is 0 Å². The fraction of sp³-hybridized carbons (Fsp3) is 0. The van der Waals surface area contributed by atoms with Gasteiger partial charge in [-0.15, -0.1) is 0 Å². The molecular formula is C8H8N6. The number of nitrogen functional groups attached to an aromatic ring is 1. The summed E-state index contributed by atoms with van der Waals surface area (Å²) in [4.78, 5) is 15.4. The molecule has 0 aliphatic carbocycles. The van der Waals surface area contributed by atoms with Gasteiger partial charge in [0.1, 0.15) is 6.33 Å². The molecule has 0 amide bonds. The van der Waals surface area contributed by atoms with Crippen LogP contribution in [-0.2, 0) is 0 Å². The third kappa shape index (κ3) is 1.92. The molecule has 2 aromatic heterocycles. The summed E-state index contributed by atoms with van der Waals surface area (Å²) in [7, 11) is 0. The van der Waals surface area contributed by atoms with Gasteiger partial charge in [0.15, 0.2) is 0 Å². The molecule has 0 aliphatic heterocycles. The van der Waals surface area contributed by atoms with Crippen LogP contribution in [0.1, 0.15) is 0 Å². The molecule has 0 saturated carbocycles. The lowest BCUT2D eigenvalue weighted by Crippen LogP contribution is -2.01. The monoisotopic (exact) mass is 188 g/mol. The number of nitrogens with zero attached hydrogens (tertiary/aromatic N) is 4. The molecule has 3 N–H and O–H groups in total. The van der Waals surface area contributed by atoms with Crippen molar-refractivity contribution in [2.24, 2.45) is 0 Å². The summed E-state index contributed by atoms with van der Waals surface area (Å²) in [5.74, 6) is 0.611. The molecule has 6 nitrogen and oxygen atoms in total. The molecule has 0 fully saturated rings. The summed E-state index contributed by atoms with van der Waals surface area (Å²) in [5.41, 5.74) is 6.25. The van der Waals surface area contributed by atoms with Crippen LogP contribution >= 0.6 is 0 Å². The van der Waals surface area contributed by atoms with Crippen molar-refractivity contribution in [3.8, 4) is 0 Å². The van der Waals surface area contributed by atoms with E-state index in [4.69, 9.17) is 5.73 Å². The fourth-order valence-corrected chi connectivity index (χ4v) is 0.934. The first-order valence-electron chi connectivity index (χ1n) is 3.96. The van der Waals surface area contributed by atoms with Gasteiger partial charge in [-0.1, -0.05) is 0 Å². The number of anilines is 3. The van der Waals surface area contributed by atoms with Gasteiger partial charge in [-0.05, 0) is 12.1 Å². The van der Waals surface area contributed by atoms with Crippen molar-refractivity contribution in [2.75, 3.05) is 11.1 Å². The van der Waals surface area contributed by atoms with Crippen molar-refractivity contribution in [2.45, 2.75) is 0 Å². The van der Waals surface area contributed by atoms with E-state index in [1.807, 2.05) is 0 Å². The zero-order valence-corrected chi connectivity index (χ0v) is 7.25. The highest BCUT2D eigenvalue weighted by Crippen LogP contribution is 2.09. The molecule has 2 heterocycles. The zero-order valence-electron chi connectivity index (χ0n) is 7.25. The summed E-state index contributed by atoms with van der Waals surface area (Å²) in [6.45, 7) is 0. The van der Waals surface area contributed by atoms with Gasteiger partial charge in [0.2, 0.25) is 11.9 Å². The highest BCUT2D eigenvalue weighted by atomic mass is 15.2. The molecule has 0 atom stereocenters. The molecule has 2 rings (SSSR count). The van der Waals surface area contributed by atoms with Gasteiger partial charge in [0.25, 0.3) is 0 Å². The van der Waals surface area contributed by atoms with Crippen molar-refractivity contribution in [1.82, 2.24) is 19.9 Å². The average Bonchev–Trinajstić information content (AvgIpc) is 2.19. The Morgan fingerprint density at radius 1 is 1.14 bits per heavy atom. The summed E-state index contributed by atoms with van der Waals surface area (Å²) in [6.07, 6.45) is 4.70. The number of nitrogens with one attached hydrogen (secondary N) is 1. The van der Waals surface area contributed by atoms with Crippen molar-refractivity contribution in [3.63, 3.8) is 0 Å². The van der Waals surface area contributed by atoms with Crippen LogP contribution in [0.3, 0.4) is 0 Å².